The number of benzene rings is 2. The molecule has 0 radical (unpaired) electrons. The molecule has 7 nitrogen and oxygen atoms in total. The minimum absolute atomic E-state index is 0.0802. The summed E-state index contributed by atoms with van der Waals surface area (Å²) in [6.07, 6.45) is 0. The molecule has 2 N–H and O–H groups in total. The molecule has 1 amide bonds. The number of para-hydroxylation sites is 1. The van der Waals surface area contributed by atoms with Gasteiger partial charge in [0.05, 0.1) is 22.0 Å². The summed E-state index contributed by atoms with van der Waals surface area (Å²) in [6.45, 7) is 3.67. The van der Waals surface area contributed by atoms with Gasteiger partial charge >= 0.3 is 0 Å². The maximum atomic E-state index is 12.5. The van der Waals surface area contributed by atoms with Gasteiger partial charge in [0, 0.05) is 18.3 Å². The topological polar surface area (TPSA) is 93.1 Å². The molecule has 0 spiro atoms. The zero-order valence-corrected chi connectivity index (χ0v) is 16.0. The Morgan fingerprint density at radius 1 is 1.00 bits per heavy atom. The van der Waals surface area contributed by atoms with Crippen LogP contribution in [-0.2, 0) is 17.1 Å². The van der Waals surface area contributed by atoms with Gasteiger partial charge < -0.3 is 5.32 Å². The number of carbonyl (C=O) groups excluding carboxylic acids is 1. The molecule has 1 aromatic heterocycles. The van der Waals surface area contributed by atoms with E-state index in [1.54, 1.807) is 42.1 Å². The molecular weight excluding hydrogens is 364 g/mol. The number of hydrogen-bond donors (Lipinski definition) is 2. The summed E-state index contributed by atoms with van der Waals surface area (Å²) in [6, 6.07) is 14.4. The predicted octanol–water partition coefficient (Wildman–Crippen LogP) is 3.09. The van der Waals surface area contributed by atoms with Crippen molar-refractivity contribution >= 4 is 27.3 Å². The molecule has 3 rings (SSSR count). The van der Waals surface area contributed by atoms with Gasteiger partial charge in [-0.05, 0) is 50.2 Å². The maximum absolute atomic E-state index is 12.5. The van der Waals surface area contributed by atoms with Crippen LogP contribution >= 0.6 is 0 Å². The molecule has 0 atom stereocenters. The van der Waals surface area contributed by atoms with Crippen LogP contribution < -0.4 is 10.0 Å². The normalized spacial score (nSPS) is 11.2. The van der Waals surface area contributed by atoms with Gasteiger partial charge in [-0.3, -0.25) is 14.2 Å². The Labute approximate surface area is 158 Å². The van der Waals surface area contributed by atoms with E-state index in [1.807, 2.05) is 13.8 Å². The van der Waals surface area contributed by atoms with Gasteiger partial charge in [-0.2, -0.15) is 5.10 Å². The van der Waals surface area contributed by atoms with Crippen LogP contribution in [0.15, 0.2) is 59.5 Å². The lowest BCUT2D eigenvalue weighted by Gasteiger charge is -2.09. The first-order chi connectivity index (χ1) is 12.8. The van der Waals surface area contributed by atoms with Crippen molar-refractivity contribution in [1.82, 2.24) is 9.78 Å². The number of aromatic nitrogens is 2. The van der Waals surface area contributed by atoms with Crippen molar-refractivity contribution in [2.45, 2.75) is 18.7 Å². The molecule has 0 saturated carbocycles. The first-order valence-corrected chi connectivity index (χ1v) is 9.76. The van der Waals surface area contributed by atoms with Crippen LogP contribution in [0, 0.1) is 13.8 Å². The Morgan fingerprint density at radius 2 is 1.63 bits per heavy atom. The summed E-state index contributed by atoms with van der Waals surface area (Å²) in [7, 11) is -1.92. The van der Waals surface area contributed by atoms with E-state index in [0.29, 0.717) is 16.9 Å². The zero-order valence-electron chi connectivity index (χ0n) is 15.2. The molecule has 3 aromatic rings. The van der Waals surface area contributed by atoms with E-state index in [0.717, 1.165) is 11.4 Å². The van der Waals surface area contributed by atoms with Gasteiger partial charge in [0.15, 0.2) is 0 Å². The van der Waals surface area contributed by atoms with Crippen LogP contribution in [-0.4, -0.2) is 24.1 Å². The van der Waals surface area contributed by atoms with Crippen molar-refractivity contribution in [3.05, 3.63) is 71.5 Å². The summed E-state index contributed by atoms with van der Waals surface area (Å²) >= 11 is 0. The lowest BCUT2D eigenvalue weighted by atomic mass is 10.2. The Kier molecular flexibility index (Phi) is 5.00. The van der Waals surface area contributed by atoms with Crippen LogP contribution in [0.4, 0.5) is 11.4 Å². The number of hydrogen-bond acceptors (Lipinski definition) is 4. The fourth-order valence-electron chi connectivity index (χ4n) is 2.65. The molecular formula is C19H20N4O3S. The second-order valence-electron chi connectivity index (χ2n) is 6.12. The minimum atomic E-state index is -3.72. The maximum Gasteiger partial charge on any atom is 0.261 e. The number of amides is 1. The summed E-state index contributed by atoms with van der Waals surface area (Å²) in [4.78, 5) is 12.5. The molecule has 27 heavy (non-hydrogen) atoms. The van der Waals surface area contributed by atoms with Crippen molar-refractivity contribution in [1.29, 1.82) is 0 Å². The fraction of sp³-hybridized carbons (Fsp3) is 0.158. The molecule has 1 heterocycles. The van der Waals surface area contributed by atoms with E-state index in [9.17, 15) is 13.2 Å². The Balaban J connectivity index is 1.77. The molecule has 0 aliphatic heterocycles. The van der Waals surface area contributed by atoms with Crippen molar-refractivity contribution in [3.8, 4) is 0 Å². The van der Waals surface area contributed by atoms with E-state index in [-0.39, 0.29) is 10.8 Å². The average molecular weight is 384 g/mol. The highest BCUT2D eigenvalue weighted by atomic mass is 32.2. The number of rotatable bonds is 5. The minimum Gasteiger partial charge on any atom is -0.319 e. The Hall–Kier alpha value is -3.13. The molecule has 0 bridgehead atoms. The molecule has 0 aliphatic carbocycles. The standard InChI is InChI=1S/C19H20N4O3S/c1-13-18(14(2)23(3)21-13)20-19(24)15-9-11-17(12-10-15)27(25,26)22-16-7-5-4-6-8-16/h4-12,22H,1-3H3,(H,20,24). The summed E-state index contributed by atoms with van der Waals surface area (Å²) in [5, 5.41) is 7.08. The number of aryl methyl sites for hydroxylation is 2. The SMILES string of the molecule is Cc1nn(C)c(C)c1NC(=O)c1ccc(S(=O)(=O)Nc2ccccc2)cc1. The highest BCUT2D eigenvalue weighted by Crippen LogP contribution is 2.20. The number of nitrogens with zero attached hydrogens (tertiary/aromatic N) is 2. The first-order valence-electron chi connectivity index (χ1n) is 8.27. The van der Waals surface area contributed by atoms with Crippen molar-refractivity contribution < 1.29 is 13.2 Å². The molecule has 2 aromatic carbocycles. The van der Waals surface area contributed by atoms with E-state index >= 15 is 0 Å². The van der Waals surface area contributed by atoms with E-state index in [1.165, 1.54) is 24.3 Å². The number of anilines is 2. The lowest BCUT2D eigenvalue weighted by molar-refractivity contribution is 0.102. The highest BCUT2D eigenvalue weighted by Gasteiger charge is 2.17. The summed E-state index contributed by atoms with van der Waals surface area (Å²) in [5.74, 6) is -0.325. The van der Waals surface area contributed by atoms with Crippen LogP contribution in [0.3, 0.4) is 0 Å². The Bertz CT molecular complexity index is 1070. The quantitative estimate of drug-likeness (QED) is 0.707. The molecule has 140 valence electrons. The third kappa shape index (κ3) is 4.01. The second kappa shape index (κ2) is 7.24. The molecule has 0 fully saturated rings. The summed E-state index contributed by atoms with van der Waals surface area (Å²) in [5.41, 5.74) is 3.05. The second-order valence-corrected chi connectivity index (χ2v) is 7.80. The third-order valence-corrected chi connectivity index (χ3v) is 5.60. The molecule has 8 heteroatoms. The van der Waals surface area contributed by atoms with Crippen LogP contribution in [0.25, 0.3) is 0 Å². The highest BCUT2D eigenvalue weighted by molar-refractivity contribution is 7.92. The number of carbonyl (C=O) groups is 1. The first kappa shape index (κ1) is 18.7. The van der Waals surface area contributed by atoms with Gasteiger partial charge in [0.1, 0.15) is 0 Å². The monoisotopic (exact) mass is 384 g/mol. The summed E-state index contributed by atoms with van der Waals surface area (Å²) < 4.78 is 29.1. The van der Waals surface area contributed by atoms with E-state index < -0.39 is 10.0 Å². The zero-order chi connectivity index (χ0) is 19.6. The van der Waals surface area contributed by atoms with Crippen LogP contribution in [0.1, 0.15) is 21.7 Å². The van der Waals surface area contributed by atoms with Crippen LogP contribution in [0.5, 0.6) is 0 Å². The van der Waals surface area contributed by atoms with E-state index in [4.69, 9.17) is 0 Å². The number of sulfonamides is 1. The van der Waals surface area contributed by atoms with Gasteiger partial charge in [-0.1, -0.05) is 18.2 Å². The molecule has 0 aliphatic rings. The predicted molar refractivity (Wildman–Crippen MR) is 104 cm³/mol. The molecule has 0 unspecified atom stereocenters. The lowest BCUT2D eigenvalue weighted by Crippen LogP contribution is -2.15. The smallest absolute Gasteiger partial charge is 0.261 e. The fourth-order valence-corrected chi connectivity index (χ4v) is 3.70. The van der Waals surface area contributed by atoms with Crippen LogP contribution in [0.2, 0.25) is 0 Å². The van der Waals surface area contributed by atoms with Gasteiger partial charge in [-0.25, -0.2) is 8.42 Å². The average Bonchev–Trinajstić information content (AvgIpc) is 2.88. The van der Waals surface area contributed by atoms with Gasteiger partial charge in [0.2, 0.25) is 0 Å². The van der Waals surface area contributed by atoms with Crippen molar-refractivity contribution in [2.24, 2.45) is 7.05 Å². The number of nitrogens with one attached hydrogen (secondary N) is 2. The van der Waals surface area contributed by atoms with Gasteiger partial charge in [-0.15, -0.1) is 0 Å². The third-order valence-electron chi connectivity index (χ3n) is 4.20. The largest absolute Gasteiger partial charge is 0.319 e. The van der Waals surface area contributed by atoms with Crippen molar-refractivity contribution in [3.63, 3.8) is 0 Å². The molecule has 0 saturated heterocycles. The van der Waals surface area contributed by atoms with Crippen molar-refractivity contribution in [2.75, 3.05) is 10.0 Å². The Morgan fingerprint density at radius 3 is 2.19 bits per heavy atom. The van der Waals surface area contributed by atoms with E-state index in [2.05, 4.69) is 15.1 Å². The van der Waals surface area contributed by atoms with Gasteiger partial charge in [0.25, 0.3) is 15.9 Å².